The number of imidazole rings is 1. The predicted octanol–water partition coefficient (Wildman–Crippen LogP) is 1.77. The fourth-order valence-corrected chi connectivity index (χ4v) is 2.16. The van der Waals surface area contributed by atoms with Crippen LogP contribution >= 0.6 is 0 Å². The number of nitrogens with one attached hydrogen (secondary N) is 1. The first kappa shape index (κ1) is 9.39. The van der Waals surface area contributed by atoms with Crippen molar-refractivity contribution in [3.05, 3.63) is 30.1 Å². The van der Waals surface area contributed by atoms with Gasteiger partial charge >= 0.3 is 5.97 Å². The Hall–Kier alpha value is -1.84. The largest absolute Gasteiger partial charge is 0.468 e. The average molecular weight is 216 g/mol. The monoisotopic (exact) mass is 216 g/mol. The molecule has 16 heavy (non-hydrogen) atoms. The zero-order valence-electron chi connectivity index (χ0n) is 8.99. The molecule has 1 heterocycles. The van der Waals surface area contributed by atoms with Gasteiger partial charge in [-0.05, 0) is 30.5 Å². The number of carbonyl (C=O) groups excluding carboxylic acids is 1. The van der Waals surface area contributed by atoms with Crippen LogP contribution in [0, 0.1) is 0 Å². The molecule has 1 saturated carbocycles. The van der Waals surface area contributed by atoms with Gasteiger partial charge in [-0.2, -0.15) is 0 Å². The summed E-state index contributed by atoms with van der Waals surface area (Å²) < 4.78 is 4.86. The van der Waals surface area contributed by atoms with Crippen molar-refractivity contribution < 1.29 is 9.53 Å². The second-order valence-electron chi connectivity index (χ2n) is 4.21. The van der Waals surface area contributed by atoms with E-state index in [1.54, 1.807) is 6.33 Å². The molecule has 1 aliphatic carbocycles. The lowest BCUT2D eigenvalue weighted by atomic mass is 9.96. The molecule has 1 N–H and O–H groups in total. The fraction of sp³-hybridized carbons (Fsp3) is 0.333. The number of fused-ring (bicyclic) bond motifs is 1. The third-order valence-corrected chi connectivity index (χ3v) is 3.30. The quantitative estimate of drug-likeness (QED) is 0.778. The highest BCUT2D eigenvalue weighted by Gasteiger charge is 2.52. The summed E-state index contributed by atoms with van der Waals surface area (Å²) in [6.07, 6.45) is 3.41. The highest BCUT2D eigenvalue weighted by molar-refractivity contribution is 5.88. The van der Waals surface area contributed by atoms with Crippen LogP contribution in [0.25, 0.3) is 11.0 Å². The van der Waals surface area contributed by atoms with Crippen molar-refractivity contribution in [1.29, 1.82) is 0 Å². The Morgan fingerprint density at radius 3 is 3.00 bits per heavy atom. The molecule has 0 atom stereocenters. The van der Waals surface area contributed by atoms with E-state index in [-0.39, 0.29) is 5.97 Å². The molecule has 0 aliphatic heterocycles. The Labute approximate surface area is 92.6 Å². The van der Waals surface area contributed by atoms with Gasteiger partial charge in [0.2, 0.25) is 0 Å². The van der Waals surface area contributed by atoms with Crippen LogP contribution in [0.4, 0.5) is 0 Å². The topological polar surface area (TPSA) is 55.0 Å². The Kier molecular flexibility index (Phi) is 1.80. The van der Waals surface area contributed by atoms with Crippen molar-refractivity contribution in [2.45, 2.75) is 18.3 Å². The fourth-order valence-electron chi connectivity index (χ4n) is 2.16. The summed E-state index contributed by atoms with van der Waals surface area (Å²) in [7, 11) is 1.44. The normalized spacial score (nSPS) is 17.3. The van der Waals surface area contributed by atoms with Gasteiger partial charge in [0.15, 0.2) is 0 Å². The molecule has 0 unspecified atom stereocenters. The first-order valence-corrected chi connectivity index (χ1v) is 5.28. The molecule has 0 spiro atoms. The summed E-state index contributed by atoms with van der Waals surface area (Å²) in [5.74, 6) is -0.133. The number of benzene rings is 1. The van der Waals surface area contributed by atoms with E-state index in [1.807, 2.05) is 18.2 Å². The molecule has 0 bridgehead atoms. The molecule has 1 fully saturated rings. The lowest BCUT2D eigenvalue weighted by Crippen LogP contribution is -2.21. The third kappa shape index (κ3) is 1.16. The molecular formula is C12H12N2O2. The van der Waals surface area contributed by atoms with Crippen molar-refractivity contribution >= 4 is 17.0 Å². The molecule has 1 aliphatic rings. The Morgan fingerprint density at radius 2 is 2.31 bits per heavy atom. The number of carbonyl (C=O) groups is 1. The standard InChI is InChI=1S/C12H12N2O2/c1-16-11(15)12(4-5-12)8-2-3-9-10(6-8)14-7-13-9/h2-3,6-7H,4-5H2,1H3,(H,13,14). The third-order valence-electron chi connectivity index (χ3n) is 3.30. The van der Waals surface area contributed by atoms with Gasteiger partial charge in [0.05, 0.1) is 29.9 Å². The molecule has 4 heteroatoms. The predicted molar refractivity (Wildman–Crippen MR) is 59.0 cm³/mol. The number of ether oxygens (including phenoxy) is 1. The molecule has 0 amide bonds. The smallest absolute Gasteiger partial charge is 0.316 e. The highest BCUT2D eigenvalue weighted by Crippen LogP contribution is 2.49. The van der Waals surface area contributed by atoms with Gasteiger partial charge in [-0.15, -0.1) is 0 Å². The molecule has 3 rings (SSSR count). The van der Waals surface area contributed by atoms with E-state index in [9.17, 15) is 4.79 Å². The van der Waals surface area contributed by atoms with Gasteiger partial charge in [0.1, 0.15) is 0 Å². The minimum Gasteiger partial charge on any atom is -0.468 e. The van der Waals surface area contributed by atoms with Gasteiger partial charge in [-0.25, -0.2) is 4.98 Å². The first-order valence-electron chi connectivity index (χ1n) is 5.28. The SMILES string of the molecule is COC(=O)C1(c2ccc3nc[nH]c3c2)CC1. The maximum absolute atomic E-state index is 11.7. The van der Waals surface area contributed by atoms with Crippen LogP contribution in [0.1, 0.15) is 18.4 Å². The first-order chi connectivity index (χ1) is 7.76. The molecule has 1 aromatic carbocycles. The van der Waals surface area contributed by atoms with E-state index in [4.69, 9.17) is 4.74 Å². The van der Waals surface area contributed by atoms with Gasteiger partial charge in [-0.1, -0.05) is 6.07 Å². The number of aromatic amines is 1. The lowest BCUT2D eigenvalue weighted by Gasteiger charge is -2.12. The van der Waals surface area contributed by atoms with Gasteiger partial charge < -0.3 is 9.72 Å². The molecule has 4 nitrogen and oxygen atoms in total. The molecular weight excluding hydrogens is 204 g/mol. The van der Waals surface area contributed by atoms with Crippen LogP contribution in [0.3, 0.4) is 0 Å². The number of esters is 1. The van der Waals surface area contributed by atoms with E-state index in [1.165, 1.54) is 7.11 Å². The van der Waals surface area contributed by atoms with Crippen LogP contribution < -0.4 is 0 Å². The van der Waals surface area contributed by atoms with Crippen molar-refractivity contribution in [2.24, 2.45) is 0 Å². The summed E-state index contributed by atoms with van der Waals surface area (Å²) in [6.45, 7) is 0. The molecule has 82 valence electrons. The number of H-pyrrole nitrogens is 1. The van der Waals surface area contributed by atoms with Crippen molar-refractivity contribution in [3.63, 3.8) is 0 Å². The Balaban J connectivity index is 2.09. The number of hydrogen-bond acceptors (Lipinski definition) is 3. The number of hydrogen-bond donors (Lipinski definition) is 1. The van der Waals surface area contributed by atoms with E-state index < -0.39 is 5.41 Å². The summed E-state index contributed by atoms with van der Waals surface area (Å²) in [5, 5.41) is 0. The maximum atomic E-state index is 11.7. The van der Waals surface area contributed by atoms with Crippen LogP contribution in [0.15, 0.2) is 24.5 Å². The van der Waals surface area contributed by atoms with Crippen LogP contribution in [0.5, 0.6) is 0 Å². The Bertz CT molecular complexity index is 555. The second kappa shape index (κ2) is 3.07. The average Bonchev–Trinajstić information content (AvgIpc) is 3.00. The molecule has 0 radical (unpaired) electrons. The number of aromatic nitrogens is 2. The van der Waals surface area contributed by atoms with E-state index >= 15 is 0 Å². The summed E-state index contributed by atoms with van der Waals surface area (Å²) in [6, 6.07) is 5.89. The second-order valence-corrected chi connectivity index (χ2v) is 4.21. The minimum atomic E-state index is -0.395. The van der Waals surface area contributed by atoms with Crippen molar-refractivity contribution in [2.75, 3.05) is 7.11 Å². The number of nitrogens with zero attached hydrogens (tertiary/aromatic N) is 1. The van der Waals surface area contributed by atoms with Crippen LogP contribution in [0.2, 0.25) is 0 Å². The minimum absolute atomic E-state index is 0.133. The Morgan fingerprint density at radius 1 is 1.50 bits per heavy atom. The van der Waals surface area contributed by atoms with Gasteiger partial charge in [0.25, 0.3) is 0 Å². The van der Waals surface area contributed by atoms with Crippen LogP contribution in [-0.4, -0.2) is 23.0 Å². The van der Waals surface area contributed by atoms with Gasteiger partial charge in [0, 0.05) is 0 Å². The number of rotatable bonds is 2. The molecule has 1 aromatic heterocycles. The number of methoxy groups -OCH3 is 1. The lowest BCUT2D eigenvalue weighted by molar-refractivity contribution is -0.143. The zero-order valence-corrected chi connectivity index (χ0v) is 8.99. The molecule has 0 saturated heterocycles. The summed E-state index contributed by atoms with van der Waals surface area (Å²) in [5.41, 5.74) is 2.52. The zero-order chi connectivity index (χ0) is 11.2. The van der Waals surface area contributed by atoms with Gasteiger partial charge in [-0.3, -0.25) is 4.79 Å². The highest BCUT2D eigenvalue weighted by atomic mass is 16.5. The maximum Gasteiger partial charge on any atom is 0.316 e. The van der Waals surface area contributed by atoms with Crippen molar-refractivity contribution in [3.8, 4) is 0 Å². The van der Waals surface area contributed by atoms with E-state index in [2.05, 4.69) is 9.97 Å². The molecule has 2 aromatic rings. The summed E-state index contributed by atoms with van der Waals surface area (Å²) >= 11 is 0. The van der Waals surface area contributed by atoms with Crippen LogP contribution in [-0.2, 0) is 14.9 Å². The van der Waals surface area contributed by atoms with E-state index in [0.29, 0.717) is 0 Å². The van der Waals surface area contributed by atoms with Crippen molar-refractivity contribution in [1.82, 2.24) is 9.97 Å². The summed E-state index contributed by atoms with van der Waals surface area (Å²) in [4.78, 5) is 18.9. The van der Waals surface area contributed by atoms with E-state index in [0.717, 1.165) is 29.4 Å².